The predicted octanol–water partition coefficient (Wildman–Crippen LogP) is 7.31. The molecule has 1 atom stereocenters. The third kappa shape index (κ3) is 6.55. The lowest BCUT2D eigenvalue weighted by Gasteiger charge is -2.31. The maximum Gasteiger partial charge on any atom is 0.169 e. The molecule has 0 N–H and O–H groups in total. The van der Waals surface area contributed by atoms with E-state index in [-0.39, 0.29) is 17.7 Å². The fourth-order valence-corrected chi connectivity index (χ4v) is 4.74. The SMILES string of the molecule is CC(=O)c1ccc(OCCCN2CCC(c3noc4c3C=CC(C)(C)C(F)=C4)CC2)c(OC(C)C(C)C)c1. The smallest absolute Gasteiger partial charge is 0.169 e. The van der Waals surface area contributed by atoms with Crippen LogP contribution in [0, 0.1) is 11.3 Å². The lowest BCUT2D eigenvalue weighted by Crippen LogP contribution is -2.34. The number of carbonyl (C=O) groups excluding carboxylic acids is 1. The summed E-state index contributed by atoms with van der Waals surface area (Å²) in [5.74, 6) is 2.26. The average molecular weight is 525 g/mol. The molecular formula is C31H41FN2O4. The van der Waals surface area contributed by atoms with E-state index in [2.05, 4.69) is 23.9 Å². The molecule has 1 aliphatic carbocycles. The van der Waals surface area contributed by atoms with Crippen molar-refractivity contribution in [2.75, 3.05) is 26.2 Å². The lowest BCUT2D eigenvalue weighted by molar-refractivity contribution is 0.101. The number of aromatic nitrogens is 1. The Morgan fingerprint density at radius 1 is 1.21 bits per heavy atom. The highest BCUT2D eigenvalue weighted by molar-refractivity contribution is 5.94. The molecule has 1 aromatic carbocycles. The lowest BCUT2D eigenvalue weighted by atomic mass is 9.89. The Bertz CT molecular complexity index is 1190. The molecule has 2 heterocycles. The van der Waals surface area contributed by atoms with Crippen LogP contribution in [0.25, 0.3) is 12.2 Å². The van der Waals surface area contributed by atoms with Crippen LogP contribution in [0.4, 0.5) is 4.39 Å². The van der Waals surface area contributed by atoms with E-state index in [4.69, 9.17) is 14.0 Å². The number of hydrogen-bond acceptors (Lipinski definition) is 6. The Labute approximate surface area is 225 Å². The highest BCUT2D eigenvalue weighted by Gasteiger charge is 2.30. The van der Waals surface area contributed by atoms with E-state index in [1.807, 2.05) is 39.0 Å². The Balaban J connectivity index is 1.28. The number of halogens is 1. The number of likely N-dealkylation sites (tertiary alicyclic amines) is 1. The molecule has 2 aliphatic rings. The Morgan fingerprint density at radius 3 is 2.63 bits per heavy atom. The van der Waals surface area contributed by atoms with Crippen molar-refractivity contribution in [3.63, 3.8) is 0 Å². The van der Waals surface area contributed by atoms with Gasteiger partial charge < -0.3 is 18.9 Å². The van der Waals surface area contributed by atoms with E-state index in [1.165, 1.54) is 6.08 Å². The van der Waals surface area contributed by atoms with Gasteiger partial charge in [-0.25, -0.2) is 4.39 Å². The largest absolute Gasteiger partial charge is 0.490 e. The van der Waals surface area contributed by atoms with Crippen LogP contribution in [0.1, 0.15) is 94.1 Å². The zero-order valence-electron chi connectivity index (χ0n) is 23.6. The predicted molar refractivity (Wildman–Crippen MR) is 148 cm³/mol. The molecule has 2 aromatic rings. The molecule has 0 amide bonds. The summed E-state index contributed by atoms with van der Waals surface area (Å²) in [6, 6.07) is 5.41. The summed E-state index contributed by atoms with van der Waals surface area (Å²) in [4.78, 5) is 14.3. The van der Waals surface area contributed by atoms with Gasteiger partial charge in [-0.1, -0.05) is 31.2 Å². The minimum absolute atomic E-state index is 0.00665. The van der Waals surface area contributed by atoms with Crippen LogP contribution in [0.2, 0.25) is 0 Å². The number of Topliss-reactive ketones (excluding diaryl/α,β-unsaturated/α-hetero) is 1. The number of ether oxygens (including phenoxy) is 2. The Kier molecular flexibility index (Phi) is 8.76. The highest BCUT2D eigenvalue weighted by atomic mass is 19.1. The van der Waals surface area contributed by atoms with Gasteiger partial charge in [0.15, 0.2) is 23.0 Å². The number of carbonyl (C=O) groups is 1. The van der Waals surface area contributed by atoms with Crippen LogP contribution in [0.5, 0.6) is 11.5 Å². The molecule has 1 fully saturated rings. The summed E-state index contributed by atoms with van der Waals surface area (Å²) < 4.78 is 32.2. The van der Waals surface area contributed by atoms with E-state index < -0.39 is 5.41 Å². The van der Waals surface area contributed by atoms with Crippen LogP contribution in [0.15, 0.2) is 34.6 Å². The first-order chi connectivity index (χ1) is 18.0. The fraction of sp³-hybridized carbons (Fsp3) is 0.548. The number of hydrogen-bond donors (Lipinski definition) is 0. The monoisotopic (exact) mass is 524 g/mol. The molecule has 0 bridgehead atoms. The molecule has 0 saturated carbocycles. The third-order valence-corrected chi connectivity index (χ3v) is 7.78. The van der Waals surface area contributed by atoms with Gasteiger partial charge in [-0.2, -0.15) is 0 Å². The standard InChI is InChI=1S/C31H41FN2O4/c1-20(2)22(4)37-28-18-24(21(3)35)8-9-26(28)36-17-7-14-34-15-11-23(12-16-34)30-25-10-13-31(5,6)29(32)19-27(25)38-33-30/h8-10,13,18-20,22-23H,7,11-12,14-17H2,1-6H3. The van der Waals surface area contributed by atoms with Gasteiger partial charge in [0.05, 0.1) is 18.4 Å². The summed E-state index contributed by atoms with van der Waals surface area (Å²) in [6.45, 7) is 15.0. The van der Waals surface area contributed by atoms with Crippen LogP contribution < -0.4 is 9.47 Å². The van der Waals surface area contributed by atoms with Gasteiger partial charge in [-0.05, 0) is 84.2 Å². The van der Waals surface area contributed by atoms with Gasteiger partial charge >= 0.3 is 0 Å². The first-order valence-corrected chi connectivity index (χ1v) is 13.8. The molecule has 38 heavy (non-hydrogen) atoms. The number of nitrogens with zero attached hydrogens (tertiary/aromatic N) is 2. The zero-order valence-corrected chi connectivity index (χ0v) is 23.6. The van der Waals surface area contributed by atoms with E-state index in [9.17, 15) is 9.18 Å². The molecule has 0 spiro atoms. The molecule has 1 unspecified atom stereocenters. The van der Waals surface area contributed by atoms with E-state index >= 15 is 0 Å². The van der Waals surface area contributed by atoms with Crippen LogP contribution >= 0.6 is 0 Å². The van der Waals surface area contributed by atoms with E-state index in [0.717, 1.165) is 50.2 Å². The maximum atomic E-state index is 14.5. The van der Waals surface area contributed by atoms with Crippen molar-refractivity contribution in [2.24, 2.45) is 11.3 Å². The molecule has 1 saturated heterocycles. The zero-order chi connectivity index (χ0) is 27.4. The van der Waals surface area contributed by atoms with Crippen molar-refractivity contribution in [2.45, 2.75) is 72.8 Å². The number of ketones is 1. The van der Waals surface area contributed by atoms with Crippen molar-refractivity contribution in [1.82, 2.24) is 10.1 Å². The van der Waals surface area contributed by atoms with Crippen LogP contribution in [-0.4, -0.2) is 48.2 Å². The van der Waals surface area contributed by atoms with Crippen molar-refractivity contribution >= 4 is 17.9 Å². The van der Waals surface area contributed by atoms with Crippen molar-refractivity contribution in [1.29, 1.82) is 0 Å². The van der Waals surface area contributed by atoms with Gasteiger partial charge in [-0.15, -0.1) is 0 Å². The van der Waals surface area contributed by atoms with Crippen LogP contribution in [0.3, 0.4) is 0 Å². The number of piperidine rings is 1. The summed E-state index contributed by atoms with van der Waals surface area (Å²) in [5, 5.41) is 4.33. The number of benzene rings is 1. The van der Waals surface area contributed by atoms with Gasteiger partial charge in [-0.3, -0.25) is 4.79 Å². The van der Waals surface area contributed by atoms with Crippen molar-refractivity contribution < 1.29 is 23.2 Å². The van der Waals surface area contributed by atoms with Gasteiger partial charge in [0.2, 0.25) is 0 Å². The molecule has 206 valence electrons. The van der Waals surface area contributed by atoms with Crippen molar-refractivity contribution in [3.05, 3.63) is 52.7 Å². The molecule has 7 heteroatoms. The second-order valence-electron chi connectivity index (χ2n) is 11.5. The number of fused-ring (bicyclic) bond motifs is 1. The Hall–Kier alpha value is -2.93. The van der Waals surface area contributed by atoms with Crippen LogP contribution in [-0.2, 0) is 0 Å². The summed E-state index contributed by atoms with van der Waals surface area (Å²) in [7, 11) is 0. The topological polar surface area (TPSA) is 64.8 Å². The quantitative estimate of drug-likeness (QED) is 0.240. The number of allylic oxidation sites excluding steroid dienone is 2. The summed E-state index contributed by atoms with van der Waals surface area (Å²) >= 11 is 0. The maximum absolute atomic E-state index is 14.5. The first kappa shape index (κ1) is 28.1. The van der Waals surface area contributed by atoms with Gasteiger partial charge in [0.1, 0.15) is 5.83 Å². The third-order valence-electron chi connectivity index (χ3n) is 7.78. The molecule has 1 aromatic heterocycles. The summed E-state index contributed by atoms with van der Waals surface area (Å²) in [6.07, 6.45) is 8.22. The number of rotatable bonds is 10. The first-order valence-electron chi connectivity index (χ1n) is 13.8. The highest BCUT2D eigenvalue weighted by Crippen LogP contribution is 2.39. The second-order valence-corrected chi connectivity index (χ2v) is 11.5. The molecule has 6 nitrogen and oxygen atoms in total. The fourth-order valence-electron chi connectivity index (χ4n) is 4.74. The molecule has 0 radical (unpaired) electrons. The minimum atomic E-state index is -0.640. The second kappa shape index (κ2) is 11.9. The normalized spacial score (nSPS) is 18.6. The van der Waals surface area contributed by atoms with E-state index in [1.54, 1.807) is 19.1 Å². The summed E-state index contributed by atoms with van der Waals surface area (Å²) in [5.41, 5.74) is 1.84. The van der Waals surface area contributed by atoms with Crippen molar-refractivity contribution in [3.8, 4) is 11.5 Å². The minimum Gasteiger partial charge on any atom is -0.490 e. The average Bonchev–Trinajstić information content (AvgIpc) is 3.23. The van der Waals surface area contributed by atoms with Gasteiger partial charge in [0.25, 0.3) is 0 Å². The van der Waals surface area contributed by atoms with E-state index in [0.29, 0.717) is 41.3 Å². The molecule has 1 aliphatic heterocycles. The van der Waals surface area contributed by atoms with Gasteiger partial charge in [0, 0.05) is 35.1 Å². The molecular weight excluding hydrogens is 483 g/mol. The molecule has 4 rings (SSSR count). The Morgan fingerprint density at radius 2 is 1.95 bits per heavy atom.